The van der Waals surface area contributed by atoms with Gasteiger partial charge in [0.05, 0.1) is 5.56 Å². The van der Waals surface area contributed by atoms with Gasteiger partial charge in [0.25, 0.3) is 0 Å². The summed E-state index contributed by atoms with van der Waals surface area (Å²) in [5, 5.41) is 2.81. The number of halogens is 4. The van der Waals surface area contributed by atoms with Crippen LogP contribution in [0.5, 0.6) is 0 Å². The maximum atomic E-state index is 12.7. The molecule has 5 heteroatoms. The van der Waals surface area contributed by atoms with Crippen LogP contribution >= 0.6 is 15.9 Å². The fourth-order valence-electron chi connectivity index (χ4n) is 1.30. The molecule has 1 aromatic rings. The van der Waals surface area contributed by atoms with Gasteiger partial charge < -0.3 is 5.32 Å². The maximum absolute atomic E-state index is 12.7. The minimum atomic E-state index is -4.32. The van der Waals surface area contributed by atoms with Gasteiger partial charge in [0.1, 0.15) is 0 Å². The lowest BCUT2D eigenvalue weighted by molar-refractivity contribution is -0.137. The highest BCUT2D eigenvalue weighted by Crippen LogP contribution is 2.36. The molecule has 0 unspecified atom stereocenters. The van der Waals surface area contributed by atoms with Crippen molar-refractivity contribution in [2.75, 3.05) is 11.9 Å². The Labute approximate surface area is 101 Å². The number of benzene rings is 1. The van der Waals surface area contributed by atoms with E-state index >= 15 is 0 Å². The summed E-state index contributed by atoms with van der Waals surface area (Å²) < 4.78 is 38.5. The smallest absolute Gasteiger partial charge is 0.385 e. The molecule has 1 nitrogen and oxygen atoms in total. The third-order valence-electron chi connectivity index (χ3n) is 2.13. The van der Waals surface area contributed by atoms with Gasteiger partial charge in [-0.25, -0.2) is 0 Å². The van der Waals surface area contributed by atoms with Crippen LogP contribution in [-0.4, -0.2) is 6.54 Å². The van der Waals surface area contributed by atoms with Crippen LogP contribution in [0.3, 0.4) is 0 Å². The van der Waals surface area contributed by atoms with Crippen LogP contribution in [-0.2, 0) is 6.18 Å². The van der Waals surface area contributed by atoms with Crippen molar-refractivity contribution in [3.05, 3.63) is 28.2 Å². The number of nitrogens with one attached hydrogen (secondary N) is 1. The molecular weight excluding hydrogens is 283 g/mol. The first-order valence-corrected chi connectivity index (χ1v) is 5.85. The highest BCUT2D eigenvalue weighted by atomic mass is 79.9. The van der Waals surface area contributed by atoms with Crippen molar-refractivity contribution in [2.24, 2.45) is 0 Å². The molecule has 0 aliphatic heterocycles. The van der Waals surface area contributed by atoms with Crippen LogP contribution < -0.4 is 5.32 Å². The van der Waals surface area contributed by atoms with Crippen LogP contribution in [0.1, 0.15) is 25.3 Å². The van der Waals surface area contributed by atoms with Gasteiger partial charge in [-0.05, 0) is 24.6 Å². The summed E-state index contributed by atoms with van der Waals surface area (Å²) >= 11 is 3.04. The van der Waals surface area contributed by atoms with E-state index in [9.17, 15) is 13.2 Å². The van der Waals surface area contributed by atoms with Crippen molar-refractivity contribution in [3.63, 3.8) is 0 Å². The van der Waals surface area contributed by atoms with Crippen molar-refractivity contribution in [1.82, 2.24) is 0 Å². The Hall–Kier alpha value is -0.710. The summed E-state index contributed by atoms with van der Waals surface area (Å²) in [6.45, 7) is 2.55. The first-order valence-electron chi connectivity index (χ1n) is 5.05. The Balaban J connectivity index is 2.90. The Morgan fingerprint density at radius 2 is 2.00 bits per heavy atom. The molecule has 1 N–H and O–H groups in total. The molecule has 16 heavy (non-hydrogen) atoms. The zero-order chi connectivity index (χ0) is 12.2. The summed E-state index contributed by atoms with van der Waals surface area (Å²) in [6.07, 6.45) is -2.52. The zero-order valence-electron chi connectivity index (χ0n) is 8.87. The van der Waals surface area contributed by atoms with Crippen LogP contribution in [0.15, 0.2) is 22.7 Å². The third-order valence-corrected chi connectivity index (χ3v) is 2.63. The first kappa shape index (κ1) is 13.4. The zero-order valence-corrected chi connectivity index (χ0v) is 10.5. The van der Waals surface area contributed by atoms with Crippen molar-refractivity contribution < 1.29 is 13.2 Å². The lowest BCUT2D eigenvalue weighted by Crippen LogP contribution is -2.11. The quantitative estimate of drug-likeness (QED) is 0.795. The van der Waals surface area contributed by atoms with Crippen LogP contribution in [0, 0.1) is 0 Å². The Kier molecular flexibility index (Phi) is 4.65. The molecule has 0 aliphatic carbocycles. The molecule has 0 radical (unpaired) electrons. The molecule has 90 valence electrons. The van der Waals surface area contributed by atoms with E-state index in [4.69, 9.17) is 0 Å². The van der Waals surface area contributed by atoms with Crippen molar-refractivity contribution in [2.45, 2.75) is 25.9 Å². The first-order chi connectivity index (χ1) is 7.45. The van der Waals surface area contributed by atoms with Crippen molar-refractivity contribution in [1.29, 1.82) is 0 Å². The summed E-state index contributed by atoms with van der Waals surface area (Å²) in [7, 11) is 0. The average molecular weight is 296 g/mol. The van der Waals surface area contributed by atoms with E-state index in [-0.39, 0.29) is 5.69 Å². The molecule has 1 aromatic carbocycles. The Morgan fingerprint density at radius 3 is 2.56 bits per heavy atom. The molecule has 0 amide bonds. The van der Waals surface area contributed by atoms with Gasteiger partial charge in [-0.2, -0.15) is 13.2 Å². The summed E-state index contributed by atoms with van der Waals surface area (Å²) in [6, 6.07) is 4.14. The van der Waals surface area contributed by atoms with Gasteiger partial charge in [0, 0.05) is 16.7 Å². The van der Waals surface area contributed by atoms with Gasteiger partial charge in [-0.15, -0.1) is 0 Å². The standard InChI is InChI=1S/C11H13BrF3N/c1-2-3-6-16-10-5-4-8(12)7-9(10)11(13,14)15/h4-5,7,16H,2-3,6H2,1H3. The van der Waals surface area contributed by atoms with Crippen molar-refractivity contribution >= 4 is 21.6 Å². The van der Waals surface area contributed by atoms with Gasteiger partial charge in [-0.1, -0.05) is 29.3 Å². The van der Waals surface area contributed by atoms with Crippen LogP contribution in [0.4, 0.5) is 18.9 Å². The van der Waals surface area contributed by atoms with Gasteiger partial charge >= 0.3 is 6.18 Å². The molecule has 0 saturated heterocycles. The fourth-order valence-corrected chi connectivity index (χ4v) is 1.67. The molecule has 0 fully saturated rings. The number of unbranched alkanes of at least 4 members (excludes halogenated alkanes) is 1. The summed E-state index contributed by atoms with van der Waals surface area (Å²) in [5.41, 5.74) is -0.484. The Morgan fingerprint density at radius 1 is 1.31 bits per heavy atom. The van der Waals surface area contributed by atoms with Gasteiger partial charge in [0.2, 0.25) is 0 Å². The van der Waals surface area contributed by atoms with E-state index < -0.39 is 11.7 Å². The second-order valence-corrected chi connectivity index (χ2v) is 4.38. The highest BCUT2D eigenvalue weighted by molar-refractivity contribution is 9.10. The molecular formula is C11H13BrF3N. The molecule has 0 bridgehead atoms. The third kappa shape index (κ3) is 3.70. The molecule has 1 rings (SSSR count). The molecule has 0 spiro atoms. The second-order valence-electron chi connectivity index (χ2n) is 3.47. The fraction of sp³-hybridized carbons (Fsp3) is 0.455. The van der Waals surface area contributed by atoms with Gasteiger partial charge in [0.15, 0.2) is 0 Å². The van der Waals surface area contributed by atoms with Crippen molar-refractivity contribution in [3.8, 4) is 0 Å². The van der Waals surface area contributed by atoms with E-state index in [1.165, 1.54) is 6.07 Å². The predicted molar refractivity (Wildman–Crippen MR) is 62.5 cm³/mol. The monoisotopic (exact) mass is 295 g/mol. The second kappa shape index (κ2) is 5.57. The summed E-state index contributed by atoms with van der Waals surface area (Å²) in [4.78, 5) is 0. The lowest BCUT2D eigenvalue weighted by Gasteiger charge is -2.14. The predicted octanol–water partition coefficient (Wildman–Crippen LogP) is 4.68. The van der Waals surface area contributed by atoms with E-state index in [1.54, 1.807) is 6.07 Å². The molecule has 0 atom stereocenters. The normalized spacial score (nSPS) is 11.6. The highest BCUT2D eigenvalue weighted by Gasteiger charge is 2.33. The summed E-state index contributed by atoms with van der Waals surface area (Å²) in [5.74, 6) is 0. The average Bonchev–Trinajstić information content (AvgIpc) is 2.19. The van der Waals surface area contributed by atoms with Crippen LogP contribution in [0.25, 0.3) is 0 Å². The van der Waals surface area contributed by atoms with Gasteiger partial charge in [-0.3, -0.25) is 0 Å². The molecule has 0 heterocycles. The number of rotatable bonds is 4. The molecule has 0 aliphatic rings. The number of alkyl halides is 3. The minimum absolute atomic E-state index is 0.143. The molecule has 0 aromatic heterocycles. The maximum Gasteiger partial charge on any atom is 0.418 e. The number of hydrogen-bond acceptors (Lipinski definition) is 1. The minimum Gasteiger partial charge on any atom is -0.385 e. The molecule has 0 saturated carbocycles. The topological polar surface area (TPSA) is 12.0 Å². The van der Waals surface area contributed by atoms with E-state index in [2.05, 4.69) is 21.2 Å². The van der Waals surface area contributed by atoms with E-state index in [1.807, 2.05) is 6.92 Å². The SMILES string of the molecule is CCCCNc1ccc(Br)cc1C(F)(F)F. The number of hydrogen-bond donors (Lipinski definition) is 1. The van der Waals surface area contributed by atoms with E-state index in [0.29, 0.717) is 11.0 Å². The van der Waals surface area contributed by atoms with E-state index in [0.717, 1.165) is 18.9 Å². The largest absolute Gasteiger partial charge is 0.418 e. The van der Waals surface area contributed by atoms with Crippen LogP contribution in [0.2, 0.25) is 0 Å². The Bertz CT molecular complexity index is 350. The number of anilines is 1. The lowest BCUT2D eigenvalue weighted by atomic mass is 10.1.